The van der Waals surface area contributed by atoms with Crippen LogP contribution in [0.4, 0.5) is 5.69 Å². The molecule has 1 atom stereocenters. The highest BCUT2D eigenvalue weighted by atomic mass is 16.5. The fraction of sp³-hybridized carbons (Fsp3) is 0.300. The molecule has 5 heteroatoms. The van der Waals surface area contributed by atoms with Crippen LogP contribution in [0.3, 0.4) is 0 Å². The molecule has 2 aromatic rings. The minimum Gasteiger partial charge on any atom is -0.485 e. The Hall–Kier alpha value is -3.00. The molecule has 0 saturated heterocycles. The number of anilines is 1. The van der Waals surface area contributed by atoms with E-state index in [1.165, 1.54) is 0 Å². The number of carbonyl (C=O) groups excluding carboxylic acids is 1. The van der Waals surface area contributed by atoms with Gasteiger partial charge in [-0.25, -0.2) is 0 Å². The van der Waals surface area contributed by atoms with Crippen LogP contribution in [0.25, 0.3) is 0 Å². The summed E-state index contributed by atoms with van der Waals surface area (Å²) in [5, 5.41) is 8.85. The number of hydrogen-bond acceptors (Lipinski definition) is 4. The Morgan fingerprint density at radius 3 is 2.68 bits per heavy atom. The van der Waals surface area contributed by atoms with Crippen LogP contribution in [0.5, 0.6) is 5.75 Å². The molecule has 25 heavy (non-hydrogen) atoms. The first-order valence-corrected chi connectivity index (χ1v) is 8.38. The second kappa shape index (κ2) is 7.27. The van der Waals surface area contributed by atoms with Gasteiger partial charge in [0.15, 0.2) is 0 Å². The Kier molecular flexibility index (Phi) is 4.90. The quantitative estimate of drug-likeness (QED) is 0.862. The van der Waals surface area contributed by atoms with Crippen molar-refractivity contribution in [1.82, 2.24) is 4.90 Å². The van der Waals surface area contributed by atoms with Crippen LogP contribution in [0.15, 0.2) is 48.5 Å². The smallest absolute Gasteiger partial charge is 0.253 e. The monoisotopic (exact) mass is 335 g/mol. The molecule has 1 unspecified atom stereocenters. The molecule has 0 aliphatic carbocycles. The zero-order valence-corrected chi connectivity index (χ0v) is 14.5. The first kappa shape index (κ1) is 16.8. The highest BCUT2D eigenvalue weighted by molar-refractivity contribution is 5.94. The lowest BCUT2D eigenvalue weighted by molar-refractivity contribution is 0.0709. The van der Waals surface area contributed by atoms with Gasteiger partial charge in [0.05, 0.1) is 30.4 Å². The maximum atomic E-state index is 12.6. The van der Waals surface area contributed by atoms with E-state index >= 15 is 0 Å². The fourth-order valence-corrected chi connectivity index (χ4v) is 3.07. The van der Waals surface area contributed by atoms with Crippen molar-refractivity contribution in [3.05, 3.63) is 59.7 Å². The van der Waals surface area contributed by atoms with Crippen LogP contribution >= 0.6 is 0 Å². The van der Waals surface area contributed by atoms with E-state index in [-0.39, 0.29) is 12.0 Å². The Morgan fingerprint density at radius 1 is 1.28 bits per heavy atom. The van der Waals surface area contributed by atoms with Gasteiger partial charge >= 0.3 is 0 Å². The van der Waals surface area contributed by atoms with Gasteiger partial charge in [-0.3, -0.25) is 4.79 Å². The molecule has 0 saturated carbocycles. The summed E-state index contributed by atoms with van der Waals surface area (Å²) in [5.74, 6) is 0.787. The number of ether oxygens (including phenoxy) is 1. The van der Waals surface area contributed by atoms with E-state index in [4.69, 9.17) is 10.00 Å². The van der Waals surface area contributed by atoms with Gasteiger partial charge in [-0.15, -0.1) is 0 Å². The van der Waals surface area contributed by atoms with E-state index in [0.717, 1.165) is 24.5 Å². The van der Waals surface area contributed by atoms with E-state index < -0.39 is 0 Å². The molecule has 0 bridgehead atoms. The summed E-state index contributed by atoms with van der Waals surface area (Å²) in [5.41, 5.74) is 2.22. The average Bonchev–Trinajstić information content (AvgIpc) is 2.66. The van der Waals surface area contributed by atoms with E-state index in [1.54, 1.807) is 36.2 Å². The third-order valence-corrected chi connectivity index (χ3v) is 4.39. The first-order chi connectivity index (χ1) is 12.1. The van der Waals surface area contributed by atoms with Gasteiger partial charge in [-0.2, -0.15) is 5.26 Å². The van der Waals surface area contributed by atoms with Gasteiger partial charge in [-0.05, 0) is 43.3 Å². The molecule has 5 nitrogen and oxygen atoms in total. The van der Waals surface area contributed by atoms with Crippen LogP contribution in [0, 0.1) is 11.3 Å². The number of para-hydroxylation sites is 2. The largest absolute Gasteiger partial charge is 0.485 e. The fourth-order valence-electron chi connectivity index (χ4n) is 3.07. The highest BCUT2D eigenvalue weighted by Gasteiger charge is 2.26. The molecular formula is C20H21N3O2. The highest BCUT2D eigenvalue weighted by Crippen LogP contribution is 2.32. The molecule has 0 fully saturated rings. The van der Waals surface area contributed by atoms with Crippen molar-refractivity contribution in [1.29, 1.82) is 5.26 Å². The van der Waals surface area contributed by atoms with Crippen molar-refractivity contribution in [3.63, 3.8) is 0 Å². The number of rotatable bonds is 4. The van der Waals surface area contributed by atoms with Crippen LogP contribution < -0.4 is 9.64 Å². The van der Waals surface area contributed by atoms with Crippen molar-refractivity contribution in [2.45, 2.75) is 13.0 Å². The van der Waals surface area contributed by atoms with E-state index in [9.17, 15) is 4.79 Å². The molecule has 1 aliphatic heterocycles. The van der Waals surface area contributed by atoms with Crippen molar-refractivity contribution in [2.24, 2.45) is 0 Å². The van der Waals surface area contributed by atoms with Crippen molar-refractivity contribution in [2.75, 3.05) is 31.6 Å². The van der Waals surface area contributed by atoms with Crippen LogP contribution in [0.2, 0.25) is 0 Å². The lowest BCUT2D eigenvalue weighted by Crippen LogP contribution is -2.46. The molecule has 2 aromatic carbocycles. The first-order valence-electron chi connectivity index (χ1n) is 8.38. The van der Waals surface area contributed by atoms with Crippen LogP contribution in [-0.2, 0) is 0 Å². The Morgan fingerprint density at radius 2 is 2.00 bits per heavy atom. The van der Waals surface area contributed by atoms with Gasteiger partial charge in [0.2, 0.25) is 0 Å². The van der Waals surface area contributed by atoms with Crippen LogP contribution in [-0.4, -0.2) is 43.6 Å². The van der Waals surface area contributed by atoms with E-state index in [2.05, 4.69) is 24.0 Å². The number of nitrogens with zero attached hydrogens (tertiary/aromatic N) is 3. The van der Waals surface area contributed by atoms with Gasteiger partial charge in [0.25, 0.3) is 5.91 Å². The zero-order chi connectivity index (χ0) is 17.8. The molecule has 3 rings (SSSR count). The number of fused-ring (bicyclic) bond motifs is 1. The third kappa shape index (κ3) is 3.58. The molecule has 0 radical (unpaired) electrons. The molecule has 0 spiro atoms. The van der Waals surface area contributed by atoms with Crippen molar-refractivity contribution < 1.29 is 9.53 Å². The summed E-state index contributed by atoms with van der Waals surface area (Å²) >= 11 is 0. The second-order valence-corrected chi connectivity index (χ2v) is 6.12. The lowest BCUT2D eigenvalue weighted by atomic mass is 10.1. The number of amides is 1. The Bertz CT molecular complexity index is 795. The Balaban J connectivity index is 1.69. The molecule has 1 amide bonds. The van der Waals surface area contributed by atoms with Gasteiger partial charge in [0, 0.05) is 19.2 Å². The topological polar surface area (TPSA) is 56.6 Å². The lowest BCUT2D eigenvalue weighted by Gasteiger charge is -2.37. The summed E-state index contributed by atoms with van der Waals surface area (Å²) in [7, 11) is 1.78. The number of hydrogen-bond donors (Lipinski definition) is 0. The molecular weight excluding hydrogens is 314 g/mol. The summed E-state index contributed by atoms with van der Waals surface area (Å²) in [4.78, 5) is 16.5. The summed E-state index contributed by atoms with van der Waals surface area (Å²) in [6.45, 7) is 4.26. The zero-order valence-electron chi connectivity index (χ0n) is 14.5. The molecule has 128 valence electrons. The summed E-state index contributed by atoms with van der Waals surface area (Å²) < 4.78 is 6.08. The standard InChI is InChI=1S/C20H21N3O2/c1-3-23-14-17(25-19-7-5-4-6-18(19)23)13-22(2)20(24)16-10-8-15(12-21)9-11-16/h4-11,17H,3,13-14H2,1-2H3. The minimum absolute atomic E-state index is 0.0741. The predicted octanol–water partition coefficient (Wildman–Crippen LogP) is 2.92. The maximum Gasteiger partial charge on any atom is 0.253 e. The second-order valence-electron chi connectivity index (χ2n) is 6.12. The number of nitriles is 1. The van der Waals surface area contributed by atoms with E-state index in [0.29, 0.717) is 17.7 Å². The van der Waals surface area contributed by atoms with Gasteiger partial charge in [0.1, 0.15) is 11.9 Å². The van der Waals surface area contributed by atoms with Crippen LogP contribution in [0.1, 0.15) is 22.8 Å². The summed E-state index contributed by atoms with van der Waals surface area (Å²) in [6.07, 6.45) is -0.0813. The molecule has 0 N–H and O–H groups in total. The maximum absolute atomic E-state index is 12.6. The SMILES string of the molecule is CCN1CC(CN(C)C(=O)c2ccc(C#N)cc2)Oc2ccccc21. The number of carbonyl (C=O) groups is 1. The Labute approximate surface area is 148 Å². The predicted molar refractivity (Wildman–Crippen MR) is 96.9 cm³/mol. The van der Waals surface area contributed by atoms with Crippen molar-refractivity contribution in [3.8, 4) is 11.8 Å². The third-order valence-electron chi connectivity index (χ3n) is 4.39. The number of likely N-dealkylation sites (N-methyl/N-ethyl adjacent to an activating group) is 2. The van der Waals surface area contributed by atoms with Gasteiger partial charge in [-0.1, -0.05) is 12.1 Å². The normalized spacial score (nSPS) is 15.7. The van der Waals surface area contributed by atoms with Gasteiger partial charge < -0.3 is 14.5 Å². The molecule has 1 aliphatic rings. The molecule has 0 aromatic heterocycles. The van der Waals surface area contributed by atoms with E-state index in [1.807, 2.05) is 18.2 Å². The molecule has 1 heterocycles. The van der Waals surface area contributed by atoms with Crippen molar-refractivity contribution >= 4 is 11.6 Å². The number of benzene rings is 2. The summed E-state index contributed by atoms with van der Waals surface area (Å²) in [6, 6.07) is 16.7. The average molecular weight is 335 g/mol. The minimum atomic E-state index is -0.0813.